The molecule has 0 aromatic heterocycles. The van der Waals surface area contributed by atoms with Crippen molar-refractivity contribution in [3.63, 3.8) is 0 Å². The molecule has 3 nitrogen and oxygen atoms in total. The highest BCUT2D eigenvalue weighted by atomic mass is 19.1. The molecular formula is C37H58FNO2. The van der Waals surface area contributed by atoms with E-state index in [4.69, 9.17) is 4.74 Å². The molecule has 1 aliphatic heterocycles. The maximum absolute atomic E-state index is 13.3. The molecule has 0 amide bonds. The summed E-state index contributed by atoms with van der Waals surface area (Å²) in [5, 5.41) is 14.7. The lowest BCUT2D eigenvalue weighted by Gasteiger charge is -2.71. The van der Waals surface area contributed by atoms with Gasteiger partial charge >= 0.3 is 0 Å². The van der Waals surface area contributed by atoms with Crippen molar-refractivity contribution in [2.24, 2.45) is 51.8 Å². The Balaban J connectivity index is 1.11. The molecule has 1 saturated heterocycles. The van der Waals surface area contributed by atoms with E-state index in [2.05, 4.69) is 45.2 Å². The molecule has 230 valence electrons. The quantitative estimate of drug-likeness (QED) is 0.340. The molecule has 8 unspecified atom stereocenters. The molecule has 0 radical (unpaired) electrons. The van der Waals surface area contributed by atoms with Crippen LogP contribution in [0.4, 0.5) is 4.39 Å². The highest BCUT2D eigenvalue weighted by Crippen LogP contribution is 2.75. The molecule has 6 aliphatic carbocycles. The van der Waals surface area contributed by atoms with Crippen LogP contribution >= 0.6 is 0 Å². The molecule has 10 atom stereocenters. The largest absolute Gasteiger partial charge is 0.385 e. The molecule has 0 aromatic carbocycles. The zero-order valence-corrected chi connectivity index (χ0v) is 26.6. The number of fused-ring (bicyclic) bond motifs is 7. The van der Waals surface area contributed by atoms with E-state index in [1.165, 1.54) is 64.2 Å². The van der Waals surface area contributed by atoms with E-state index in [1.807, 2.05) is 0 Å². The van der Waals surface area contributed by atoms with Crippen LogP contribution in [0.25, 0.3) is 0 Å². The number of hydrogen-bond acceptors (Lipinski definition) is 3. The van der Waals surface area contributed by atoms with Gasteiger partial charge in [-0.05, 0) is 153 Å². The van der Waals surface area contributed by atoms with Crippen molar-refractivity contribution in [1.82, 2.24) is 5.32 Å². The zero-order valence-electron chi connectivity index (χ0n) is 26.6. The third-order valence-electron chi connectivity index (χ3n) is 15.5. The Bertz CT molecular complexity index is 1080. The topological polar surface area (TPSA) is 41.5 Å². The van der Waals surface area contributed by atoms with E-state index < -0.39 is 5.60 Å². The molecule has 0 aromatic rings. The average Bonchev–Trinajstić information content (AvgIpc) is 3.37. The number of rotatable bonds is 6. The van der Waals surface area contributed by atoms with Crippen LogP contribution in [0.5, 0.6) is 0 Å². The molecule has 1 heterocycles. The van der Waals surface area contributed by atoms with Gasteiger partial charge in [0.05, 0.1) is 19.9 Å². The monoisotopic (exact) mass is 567 g/mol. The SMILES string of the molecule is CC1C(C2=CCC(CF)CC2)=CCC2(C)C1CCC1(C)C2CCC2[C@H]3CCCC3(NCCC3(O)COC3)CC[C@]21C. The molecular weight excluding hydrogens is 509 g/mol. The zero-order chi connectivity index (χ0) is 28.7. The molecule has 5 fully saturated rings. The third-order valence-corrected chi connectivity index (χ3v) is 15.5. The maximum Gasteiger partial charge on any atom is 0.112 e. The van der Waals surface area contributed by atoms with Gasteiger partial charge in [-0.3, -0.25) is 4.39 Å². The van der Waals surface area contributed by atoms with Crippen LogP contribution in [0, 0.1) is 51.8 Å². The van der Waals surface area contributed by atoms with Crippen LogP contribution in [0.15, 0.2) is 23.3 Å². The number of alkyl halides is 1. The van der Waals surface area contributed by atoms with Crippen molar-refractivity contribution in [1.29, 1.82) is 0 Å². The molecule has 4 heteroatoms. The predicted molar refractivity (Wildman–Crippen MR) is 164 cm³/mol. The van der Waals surface area contributed by atoms with Crippen LogP contribution in [0.2, 0.25) is 0 Å². The van der Waals surface area contributed by atoms with E-state index in [0.717, 1.165) is 55.9 Å². The van der Waals surface area contributed by atoms with E-state index in [1.54, 1.807) is 11.1 Å². The fourth-order valence-corrected chi connectivity index (χ4v) is 12.9. The summed E-state index contributed by atoms with van der Waals surface area (Å²) in [7, 11) is 0. The summed E-state index contributed by atoms with van der Waals surface area (Å²) < 4.78 is 18.6. The molecule has 0 spiro atoms. The van der Waals surface area contributed by atoms with Crippen molar-refractivity contribution in [2.45, 2.75) is 129 Å². The predicted octanol–water partition coefficient (Wildman–Crippen LogP) is 8.18. The van der Waals surface area contributed by atoms with Crippen LogP contribution in [-0.2, 0) is 4.74 Å². The molecule has 7 aliphatic rings. The van der Waals surface area contributed by atoms with Crippen molar-refractivity contribution in [3.05, 3.63) is 23.3 Å². The lowest BCUT2D eigenvalue weighted by Crippen LogP contribution is -2.67. The number of hydrogen-bond donors (Lipinski definition) is 2. The Kier molecular flexibility index (Phi) is 7.19. The molecule has 2 N–H and O–H groups in total. The molecule has 7 rings (SSSR count). The third kappa shape index (κ3) is 4.26. The van der Waals surface area contributed by atoms with Gasteiger partial charge in [-0.25, -0.2) is 0 Å². The molecule has 41 heavy (non-hydrogen) atoms. The summed E-state index contributed by atoms with van der Waals surface area (Å²) in [5.74, 6) is 4.08. The second kappa shape index (κ2) is 10.2. The van der Waals surface area contributed by atoms with Crippen LogP contribution in [0.3, 0.4) is 0 Å². The highest BCUT2D eigenvalue weighted by Gasteiger charge is 2.68. The van der Waals surface area contributed by atoms with Crippen LogP contribution in [0.1, 0.15) is 118 Å². The Morgan fingerprint density at radius 2 is 1.76 bits per heavy atom. The maximum atomic E-state index is 13.3. The molecule has 0 bridgehead atoms. The van der Waals surface area contributed by atoms with Gasteiger partial charge in [0.2, 0.25) is 0 Å². The van der Waals surface area contributed by atoms with Crippen molar-refractivity contribution >= 4 is 0 Å². The summed E-state index contributed by atoms with van der Waals surface area (Å²) in [4.78, 5) is 0. The van der Waals surface area contributed by atoms with Gasteiger partial charge in [0.25, 0.3) is 0 Å². The number of allylic oxidation sites excluding steroid dienone is 4. The summed E-state index contributed by atoms with van der Waals surface area (Å²) in [5.41, 5.74) is 4.12. The minimum Gasteiger partial charge on any atom is -0.385 e. The van der Waals surface area contributed by atoms with E-state index in [0.29, 0.717) is 40.9 Å². The van der Waals surface area contributed by atoms with Gasteiger partial charge < -0.3 is 15.2 Å². The Hall–Kier alpha value is -0.710. The first-order valence-electron chi connectivity index (χ1n) is 17.6. The first-order valence-corrected chi connectivity index (χ1v) is 17.6. The fraction of sp³-hybridized carbons (Fsp3) is 0.892. The van der Waals surface area contributed by atoms with E-state index >= 15 is 0 Å². The number of halogens is 1. The lowest BCUT2D eigenvalue weighted by atomic mass is 9.34. The number of nitrogens with one attached hydrogen (secondary N) is 1. The van der Waals surface area contributed by atoms with E-state index in [-0.39, 0.29) is 12.6 Å². The Labute approximate surface area is 249 Å². The van der Waals surface area contributed by atoms with Gasteiger partial charge in [0.15, 0.2) is 0 Å². The standard InChI is InChI=1S/C37H58FNO2/c1-25-28(27-9-7-26(22-38)8-10-27)13-16-33(2)29(25)14-17-35(4)32(33)12-11-30-31-6-5-15-37(31,19-18-34(30,35)3)39-21-20-36(40)23-41-24-36/h9,13,25-26,29-32,39-40H,5-8,10-12,14-24H2,1-4H3/t25?,26?,29?,30?,31-,32?,33?,34-,35?,37?/m1/s1. The number of aliphatic hydroxyl groups is 1. The summed E-state index contributed by atoms with van der Waals surface area (Å²) in [6.07, 6.45) is 22.5. The van der Waals surface area contributed by atoms with Gasteiger partial charge in [-0.2, -0.15) is 0 Å². The summed E-state index contributed by atoms with van der Waals surface area (Å²) in [6, 6.07) is 0. The normalized spacial score (nSPS) is 50.4. The minimum absolute atomic E-state index is 0.157. The van der Waals surface area contributed by atoms with Gasteiger partial charge in [-0.15, -0.1) is 0 Å². The fourth-order valence-electron chi connectivity index (χ4n) is 12.9. The smallest absolute Gasteiger partial charge is 0.112 e. The van der Waals surface area contributed by atoms with Crippen LogP contribution < -0.4 is 5.32 Å². The lowest BCUT2D eigenvalue weighted by molar-refractivity contribution is -0.213. The van der Waals surface area contributed by atoms with Gasteiger partial charge in [0, 0.05) is 5.54 Å². The summed E-state index contributed by atoms with van der Waals surface area (Å²) in [6.45, 7) is 12.5. The Morgan fingerprint density at radius 1 is 0.927 bits per heavy atom. The average molecular weight is 568 g/mol. The number of ether oxygens (including phenoxy) is 1. The van der Waals surface area contributed by atoms with Crippen molar-refractivity contribution in [3.8, 4) is 0 Å². The highest BCUT2D eigenvalue weighted by molar-refractivity contribution is 5.38. The first-order chi connectivity index (χ1) is 19.6. The second-order valence-electron chi connectivity index (χ2n) is 16.9. The van der Waals surface area contributed by atoms with Crippen molar-refractivity contribution < 1.29 is 14.2 Å². The summed E-state index contributed by atoms with van der Waals surface area (Å²) >= 11 is 0. The molecule has 4 saturated carbocycles. The Morgan fingerprint density at radius 3 is 2.46 bits per heavy atom. The van der Waals surface area contributed by atoms with E-state index in [9.17, 15) is 9.50 Å². The van der Waals surface area contributed by atoms with Gasteiger partial charge in [0.1, 0.15) is 5.60 Å². The van der Waals surface area contributed by atoms with Gasteiger partial charge in [-0.1, -0.05) is 46.3 Å². The minimum atomic E-state index is -0.587. The second-order valence-corrected chi connectivity index (χ2v) is 16.9. The first kappa shape index (κ1) is 29.0. The van der Waals surface area contributed by atoms with Crippen LogP contribution in [-0.4, -0.2) is 42.7 Å². The van der Waals surface area contributed by atoms with Crippen molar-refractivity contribution in [2.75, 3.05) is 26.4 Å².